The fraction of sp³-hybridized carbons (Fsp3) is 0.500. The van der Waals surface area contributed by atoms with Crippen molar-refractivity contribution in [2.75, 3.05) is 6.61 Å². The lowest BCUT2D eigenvalue weighted by Gasteiger charge is -2.38. The molecule has 0 aliphatic rings. The number of aromatic nitrogens is 1. The fourth-order valence-corrected chi connectivity index (χ4v) is 5.11. The number of hydrogen-bond donors (Lipinski definition) is 2. The van der Waals surface area contributed by atoms with Crippen LogP contribution in [0.15, 0.2) is 18.2 Å². The van der Waals surface area contributed by atoms with Gasteiger partial charge in [-0.05, 0) is 52.7 Å². The van der Waals surface area contributed by atoms with Crippen molar-refractivity contribution < 1.29 is 24.2 Å². The molecule has 1 unspecified atom stereocenters. The number of primary amides is 1. The maximum atomic E-state index is 12.8. The summed E-state index contributed by atoms with van der Waals surface area (Å²) >= 11 is 3.74. The topological polar surface area (TPSA) is 112 Å². The first-order valence-corrected chi connectivity index (χ1v) is 10.6. The molecule has 2 aromatic rings. The van der Waals surface area contributed by atoms with Crippen molar-refractivity contribution >= 4 is 44.5 Å². The maximum absolute atomic E-state index is 12.8. The first-order chi connectivity index (χ1) is 13.8. The summed E-state index contributed by atoms with van der Waals surface area (Å²) in [6, 6.07) is 5.20. The number of carboxylic acids is 1. The molecule has 1 heterocycles. The van der Waals surface area contributed by atoms with E-state index in [0.29, 0.717) is 16.6 Å². The number of rotatable bonds is 10. The second-order valence-electron chi connectivity index (χ2n) is 8.46. The van der Waals surface area contributed by atoms with E-state index in [9.17, 15) is 14.4 Å². The smallest absolute Gasteiger partial charge is 0.341 e. The van der Waals surface area contributed by atoms with Crippen LogP contribution in [0.5, 0.6) is 5.75 Å². The summed E-state index contributed by atoms with van der Waals surface area (Å²) in [6.45, 7) is 9.60. The second kappa shape index (κ2) is 8.79. The quantitative estimate of drug-likeness (QED) is 0.301. The Kier molecular flexibility index (Phi) is 7.01. The van der Waals surface area contributed by atoms with Gasteiger partial charge in [-0.25, -0.2) is 4.79 Å². The molecule has 0 radical (unpaired) electrons. The number of ketones is 1. The van der Waals surface area contributed by atoms with E-state index in [1.54, 1.807) is 19.1 Å². The Morgan fingerprint density at radius 1 is 1.23 bits per heavy atom. The third-order valence-corrected chi connectivity index (χ3v) is 5.40. The summed E-state index contributed by atoms with van der Waals surface area (Å²) in [6.07, 6.45) is 2.49. The Morgan fingerprint density at radius 3 is 2.37 bits per heavy atom. The average molecular weight is 481 g/mol. The van der Waals surface area contributed by atoms with Gasteiger partial charge in [0.15, 0.2) is 6.61 Å². The minimum absolute atomic E-state index is 0.160. The fourth-order valence-electron chi connectivity index (χ4n) is 4.51. The molecule has 0 aliphatic heterocycles. The molecule has 1 amide bonds. The van der Waals surface area contributed by atoms with Crippen LogP contribution in [0.3, 0.4) is 0 Å². The summed E-state index contributed by atoms with van der Waals surface area (Å²) in [5.41, 5.74) is 6.42. The number of benzene rings is 1. The molecule has 0 saturated carbocycles. The molecule has 30 heavy (non-hydrogen) atoms. The van der Waals surface area contributed by atoms with Gasteiger partial charge in [-0.3, -0.25) is 9.59 Å². The standard InChI is InChI=1S/C22H29BrN2O5/c1-6-10-22(5,12-21(3,4)23)25-13(2)17(19(28)20(24)29)18-14(25)8-7-9-15(18)30-11-16(26)27/h7-9H,6,10-12H2,1-5H3,(H2,24,29)(H,26,27). The van der Waals surface area contributed by atoms with Crippen molar-refractivity contribution in [1.29, 1.82) is 0 Å². The zero-order chi connectivity index (χ0) is 22.9. The molecule has 1 atom stereocenters. The number of nitrogens with zero attached hydrogens (tertiary/aromatic N) is 1. The summed E-state index contributed by atoms with van der Waals surface area (Å²) in [5.74, 6) is -2.79. The molecular formula is C22H29BrN2O5. The van der Waals surface area contributed by atoms with Crippen molar-refractivity contribution in [3.8, 4) is 5.75 Å². The predicted molar refractivity (Wildman–Crippen MR) is 120 cm³/mol. The van der Waals surface area contributed by atoms with Gasteiger partial charge in [0.2, 0.25) is 0 Å². The number of fused-ring (bicyclic) bond motifs is 1. The summed E-state index contributed by atoms with van der Waals surface area (Å²) in [4.78, 5) is 35.6. The summed E-state index contributed by atoms with van der Waals surface area (Å²) in [7, 11) is 0. The molecule has 2 rings (SSSR count). The van der Waals surface area contributed by atoms with Gasteiger partial charge < -0.3 is 20.1 Å². The molecule has 0 aliphatic carbocycles. The number of amides is 1. The number of nitrogens with two attached hydrogens (primary N) is 1. The third kappa shape index (κ3) is 4.86. The number of alkyl halides is 1. The highest BCUT2D eigenvalue weighted by atomic mass is 79.9. The molecule has 0 spiro atoms. The molecule has 0 saturated heterocycles. The third-order valence-electron chi connectivity index (χ3n) is 5.12. The van der Waals surface area contributed by atoms with E-state index >= 15 is 0 Å². The van der Waals surface area contributed by atoms with Gasteiger partial charge in [-0.2, -0.15) is 0 Å². The van der Waals surface area contributed by atoms with E-state index in [-0.39, 0.29) is 21.2 Å². The first-order valence-electron chi connectivity index (χ1n) is 9.84. The van der Waals surface area contributed by atoms with Crippen LogP contribution < -0.4 is 10.5 Å². The van der Waals surface area contributed by atoms with Crippen LogP contribution in [0.4, 0.5) is 0 Å². The Hall–Kier alpha value is -2.35. The van der Waals surface area contributed by atoms with Crippen molar-refractivity contribution in [3.63, 3.8) is 0 Å². The van der Waals surface area contributed by atoms with E-state index in [0.717, 1.165) is 19.3 Å². The second-order valence-corrected chi connectivity index (χ2v) is 10.6. The van der Waals surface area contributed by atoms with Crippen LogP contribution in [0.1, 0.15) is 63.0 Å². The zero-order valence-electron chi connectivity index (χ0n) is 18.0. The number of Topliss-reactive ketones (excluding diaryl/α,β-unsaturated/α-hetero) is 1. The Labute approximate surface area is 184 Å². The van der Waals surface area contributed by atoms with E-state index < -0.39 is 24.3 Å². The van der Waals surface area contributed by atoms with Gasteiger partial charge in [-0.15, -0.1) is 0 Å². The molecule has 3 N–H and O–H groups in total. The van der Waals surface area contributed by atoms with E-state index in [2.05, 4.69) is 48.2 Å². The Bertz CT molecular complexity index is 990. The van der Waals surface area contributed by atoms with Gasteiger partial charge in [0.05, 0.1) is 16.5 Å². The van der Waals surface area contributed by atoms with Gasteiger partial charge in [0.25, 0.3) is 11.7 Å². The normalized spacial score (nSPS) is 13.8. The van der Waals surface area contributed by atoms with Crippen molar-refractivity contribution in [2.45, 2.75) is 63.7 Å². The van der Waals surface area contributed by atoms with Crippen LogP contribution >= 0.6 is 15.9 Å². The lowest BCUT2D eigenvalue weighted by molar-refractivity contribution is -0.139. The molecule has 0 fully saturated rings. The molecule has 8 heteroatoms. The lowest BCUT2D eigenvalue weighted by atomic mass is 9.85. The largest absolute Gasteiger partial charge is 0.481 e. The van der Waals surface area contributed by atoms with Crippen LogP contribution in [-0.4, -0.2) is 38.3 Å². The molecule has 1 aromatic carbocycles. The Morgan fingerprint density at radius 2 is 1.87 bits per heavy atom. The van der Waals surface area contributed by atoms with Crippen LogP contribution in [-0.2, 0) is 15.1 Å². The highest BCUT2D eigenvalue weighted by Crippen LogP contribution is 2.43. The van der Waals surface area contributed by atoms with Crippen molar-refractivity contribution in [1.82, 2.24) is 4.57 Å². The maximum Gasteiger partial charge on any atom is 0.341 e. The first kappa shape index (κ1) is 23.9. The number of carbonyl (C=O) groups is 3. The highest BCUT2D eigenvalue weighted by molar-refractivity contribution is 9.10. The van der Waals surface area contributed by atoms with E-state index in [1.165, 1.54) is 0 Å². The van der Waals surface area contributed by atoms with Gasteiger partial charge in [-0.1, -0.05) is 35.3 Å². The summed E-state index contributed by atoms with van der Waals surface area (Å²) < 4.78 is 7.36. The highest BCUT2D eigenvalue weighted by Gasteiger charge is 2.37. The van der Waals surface area contributed by atoms with E-state index in [1.807, 2.05) is 6.07 Å². The number of ether oxygens (including phenoxy) is 1. The summed E-state index contributed by atoms with van der Waals surface area (Å²) in [5, 5.41) is 9.44. The lowest BCUT2D eigenvalue weighted by Crippen LogP contribution is -2.36. The van der Waals surface area contributed by atoms with Crippen LogP contribution in [0, 0.1) is 6.92 Å². The molecule has 164 valence electrons. The molecule has 0 bridgehead atoms. The number of aliphatic carboxylic acids is 1. The number of hydrogen-bond acceptors (Lipinski definition) is 4. The SMILES string of the molecule is CCCC(C)(CC(C)(C)Br)n1c(C)c(C(=O)C(N)=O)c2c(OCC(=O)O)cccc21. The molecular weight excluding hydrogens is 452 g/mol. The predicted octanol–water partition coefficient (Wildman–Crippen LogP) is 4.16. The zero-order valence-corrected chi connectivity index (χ0v) is 19.6. The van der Waals surface area contributed by atoms with Gasteiger partial charge in [0, 0.05) is 15.6 Å². The van der Waals surface area contributed by atoms with Crippen molar-refractivity contribution in [3.05, 3.63) is 29.5 Å². The monoisotopic (exact) mass is 480 g/mol. The number of carbonyl (C=O) groups excluding carboxylic acids is 2. The minimum atomic E-state index is -1.14. The van der Waals surface area contributed by atoms with Gasteiger partial charge in [0.1, 0.15) is 5.75 Å². The molecule has 1 aromatic heterocycles. The molecule has 7 nitrogen and oxygen atoms in total. The Balaban J connectivity index is 2.90. The van der Waals surface area contributed by atoms with Gasteiger partial charge >= 0.3 is 5.97 Å². The number of halogens is 1. The average Bonchev–Trinajstić information content (AvgIpc) is 2.90. The van der Waals surface area contributed by atoms with Crippen LogP contribution in [0.2, 0.25) is 0 Å². The van der Waals surface area contributed by atoms with Crippen molar-refractivity contribution in [2.24, 2.45) is 5.73 Å². The number of carboxylic acid groups (broad SMARTS) is 1. The van der Waals surface area contributed by atoms with E-state index in [4.69, 9.17) is 15.6 Å². The minimum Gasteiger partial charge on any atom is -0.481 e. The van der Waals surface area contributed by atoms with Crippen LogP contribution in [0.25, 0.3) is 10.9 Å².